The number of ether oxygens (including phenoxy) is 3. The molecule has 392 valence electrons. The summed E-state index contributed by atoms with van der Waals surface area (Å²) in [5, 5.41) is 21.2. The molecule has 6 unspecified atom stereocenters. The number of unbranched alkanes of at least 4 members (excludes halogenated alkanes) is 22. The Kier molecular flexibility index (Phi) is 33.5. The van der Waals surface area contributed by atoms with Crippen LogP contribution < -0.4 is 11.4 Å². The highest BCUT2D eigenvalue weighted by atomic mass is 31.3. The molecule has 1 aromatic rings. The van der Waals surface area contributed by atoms with Gasteiger partial charge in [0.15, 0.2) is 12.3 Å². The quantitative estimate of drug-likeness (QED) is 0.0176. The van der Waals surface area contributed by atoms with Crippen LogP contribution in [0.15, 0.2) is 41.4 Å². The molecule has 1 saturated heterocycles. The lowest BCUT2D eigenvalue weighted by molar-refractivity contribution is -0.161. The Morgan fingerprint density at radius 1 is 0.706 bits per heavy atom. The van der Waals surface area contributed by atoms with Gasteiger partial charge in [-0.3, -0.25) is 23.2 Å². The molecule has 0 radical (unpaired) electrons. The van der Waals surface area contributed by atoms with E-state index in [2.05, 4.69) is 47.4 Å². The molecule has 1 aliphatic heterocycles. The zero-order valence-corrected chi connectivity index (χ0v) is 42.7. The van der Waals surface area contributed by atoms with Crippen LogP contribution in [0, 0.1) is 0 Å². The lowest BCUT2D eigenvalue weighted by atomic mass is 10.1. The summed E-state index contributed by atoms with van der Waals surface area (Å²) < 4.78 is 57.7. The molecule has 1 aliphatic rings. The number of phosphoric ester groups is 1. The Labute approximate surface area is 405 Å². The first-order valence-electron chi connectivity index (χ1n) is 25.3. The number of aliphatic hydroxyl groups excluding tert-OH is 2. The average molecular weight is 1010 g/mol. The van der Waals surface area contributed by atoms with E-state index in [-0.39, 0.29) is 18.7 Å². The number of aromatic nitrogens is 2. The second kappa shape index (κ2) is 37.1. The number of rotatable bonds is 42. The van der Waals surface area contributed by atoms with E-state index in [1.807, 2.05) is 0 Å². The van der Waals surface area contributed by atoms with E-state index in [9.17, 15) is 43.5 Å². The summed E-state index contributed by atoms with van der Waals surface area (Å²) in [5.74, 6) is -1.33. The first-order valence-corrected chi connectivity index (χ1v) is 28.3. The number of anilines is 1. The molecule has 0 spiro atoms. The first-order chi connectivity index (χ1) is 32.7. The van der Waals surface area contributed by atoms with Crippen LogP contribution in [-0.4, -0.2) is 85.7 Å². The van der Waals surface area contributed by atoms with Crippen molar-refractivity contribution in [2.24, 2.45) is 0 Å². The Morgan fingerprint density at radius 3 is 1.66 bits per heavy atom. The fourth-order valence-electron chi connectivity index (χ4n) is 7.57. The molecule has 6 N–H and O–H groups in total. The van der Waals surface area contributed by atoms with Crippen LogP contribution in [0.2, 0.25) is 0 Å². The second-order valence-electron chi connectivity index (χ2n) is 17.7. The summed E-state index contributed by atoms with van der Waals surface area (Å²) in [6, 6.07) is 1.25. The van der Waals surface area contributed by atoms with Crippen molar-refractivity contribution >= 4 is 33.4 Å². The predicted octanol–water partition coefficient (Wildman–Crippen LogP) is 10.2. The number of carbonyl (C=O) groups is 2. The average Bonchev–Trinajstić information content (AvgIpc) is 3.57. The topological polar surface area (TPSA) is 265 Å². The normalized spacial score (nSPS) is 18.9. The molecular weight excluding hydrogens is 920 g/mol. The molecule has 2 rings (SSSR count). The van der Waals surface area contributed by atoms with Crippen molar-refractivity contribution in [3.05, 3.63) is 47.1 Å². The van der Waals surface area contributed by atoms with Crippen LogP contribution >= 0.6 is 15.6 Å². The van der Waals surface area contributed by atoms with E-state index in [4.69, 9.17) is 29.0 Å². The molecule has 68 heavy (non-hydrogen) atoms. The summed E-state index contributed by atoms with van der Waals surface area (Å²) in [7, 11) is -10.8. The van der Waals surface area contributed by atoms with Crippen LogP contribution in [0.25, 0.3) is 0 Å². The van der Waals surface area contributed by atoms with Gasteiger partial charge in [0.1, 0.15) is 30.7 Å². The summed E-state index contributed by atoms with van der Waals surface area (Å²) >= 11 is 0. The largest absolute Gasteiger partial charge is 0.483 e. The third-order valence-electron chi connectivity index (χ3n) is 11.5. The van der Waals surface area contributed by atoms with Crippen molar-refractivity contribution in [2.75, 3.05) is 25.6 Å². The highest BCUT2D eigenvalue weighted by Gasteiger charge is 2.46. The van der Waals surface area contributed by atoms with Crippen molar-refractivity contribution in [2.45, 2.75) is 224 Å². The summed E-state index contributed by atoms with van der Waals surface area (Å²) in [4.78, 5) is 60.8. The molecule has 20 heteroatoms. The number of aliphatic hydroxyl groups is 2. The smallest absolute Gasteiger partial charge is 0.462 e. The van der Waals surface area contributed by atoms with Gasteiger partial charge < -0.3 is 39.9 Å². The standard InChI is InChI=1S/C48H85N3O15P2/c1-3-5-7-9-11-13-15-17-19-21-23-25-27-29-31-33-43(52)61-37-40(64-44(53)34-32-30-28-26-24-22-20-18-16-14-12-10-8-6-4-2)38-62-68(60,66-67(57,58)59)63-39-41-45(54)46(55)47(65-41)51-36-35-42(49)50-48(51)56/h17-20,35-36,40-41,45-47,54-55H,3-16,21-34,37-39H2,1-2H3,(H2,49,50,56)(H2,57,58,59). The van der Waals surface area contributed by atoms with Gasteiger partial charge in [-0.15, -0.1) is 0 Å². The minimum atomic E-state index is -5.57. The van der Waals surface area contributed by atoms with Gasteiger partial charge in [-0.1, -0.05) is 141 Å². The SMILES string of the molecule is CCCCCCCCC=CCCCCCCCC(=O)OCC(COP(=O)(OCC1OC(n2ccc(N)nc2=O)C(O)C1O)OP(=O)(O)O)OC(=O)CCCCCCCC=CCCCCCCCC. The van der Waals surface area contributed by atoms with Gasteiger partial charge >= 0.3 is 33.3 Å². The Balaban J connectivity index is 1.90. The van der Waals surface area contributed by atoms with Crippen molar-refractivity contribution in [3.8, 4) is 0 Å². The van der Waals surface area contributed by atoms with E-state index in [1.165, 1.54) is 89.3 Å². The molecule has 0 aliphatic carbocycles. The minimum absolute atomic E-state index is 0.0255. The van der Waals surface area contributed by atoms with E-state index in [0.29, 0.717) is 12.8 Å². The molecule has 1 fully saturated rings. The van der Waals surface area contributed by atoms with Crippen LogP contribution in [0.3, 0.4) is 0 Å². The predicted molar refractivity (Wildman–Crippen MR) is 261 cm³/mol. The van der Waals surface area contributed by atoms with Crippen LogP contribution in [-0.2, 0) is 46.3 Å². The Hall–Kier alpha value is -2.76. The van der Waals surface area contributed by atoms with Crippen molar-refractivity contribution in [3.63, 3.8) is 0 Å². The number of phosphoric acid groups is 2. The van der Waals surface area contributed by atoms with Crippen molar-refractivity contribution in [1.82, 2.24) is 9.55 Å². The highest BCUT2D eigenvalue weighted by Crippen LogP contribution is 2.61. The fourth-order valence-corrected chi connectivity index (χ4v) is 9.74. The van der Waals surface area contributed by atoms with Gasteiger partial charge in [-0.05, 0) is 70.3 Å². The number of carbonyl (C=O) groups excluding carboxylic acids is 2. The van der Waals surface area contributed by atoms with Gasteiger partial charge in [0.05, 0.1) is 13.2 Å². The maximum atomic E-state index is 13.6. The van der Waals surface area contributed by atoms with E-state index < -0.39 is 83.7 Å². The third-order valence-corrected chi connectivity index (χ3v) is 14.1. The number of nitrogens with zero attached hydrogens (tertiary/aromatic N) is 2. The molecule has 2 heterocycles. The van der Waals surface area contributed by atoms with Crippen LogP contribution in [0.1, 0.15) is 200 Å². The number of nitrogen functional groups attached to an aromatic ring is 1. The number of esters is 2. The maximum Gasteiger partial charge on any atom is 0.483 e. The number of hydrogen-bond acceptors (Lipinski definition) is 15. The highest BCUT2D eigenvalue weighted by molar-refractivity contribution is 7.61. The van der Waals surface area contributed by atoms with Gasteiger partial charge in [-0.25, -0.2) is 13.9 Å². The summed E-state index contributed by atoms with van der Waals surface area (Å²) in [6.07, 6.45) is 30.8. The zero-order valence-electron chi connectivity index (χ0n) is 40.9. The van der Waals surface area contributed by atoms with Crippen LogP contribution in [0.4, 0.5) is 5.82 Å². The van der Waals surface area contributed by atoms with Gasteiger partial charge in [0.25, 0.3) is 0 Å². The number of nitrogens with two attached hydrogens (primary N) is 1. The summed E-state index contributed by atoms with van der Waals surface area (Å²) in [6.45, 7) is 2.15. The Morgan fingerprint density at radius 2 is 1.18 bits per heavy atom. The number of allylic oxidation sites excluding steroid dienone is 4. The van der Waals surface area contributed by atoms with Gasteiger partial charge in [-0.2, -0.15) is 9.29 Å². The van der Waals surface area contributed by atoms with E-state index in [1.54, 1.807) is 0 Å². The second-order valence-corrected chi connectivity index (χ2v) is 20.7. The van der Waals surface area contributed by atoms with Crippen molar-refractivity contribution < 1.29 is 66.3 Å². The monoisotopic (exact) mass is 1010 g/mol. The van der Waals surface area contributed by atoms with E-state index in [0.717, 1.165) is 81.6 Å². The van der Waals surface area contributed by atoms with Gasteiger partial charge in [0.2, 0.25) is 0 Å². The van der Waals surface area contributed by atoms with E-state index >= 15 is 0 Å². The Bertz CT molecular complexity index is 1720. The molecule has 0 aromatic carbocycles. The zero-order chi connectivity index (χ0) is 49.9. The molecule has 18 nitrogen and oxygen atoms in total. The molecule has 6 atom stereocenters. The third kappa shape index (κ3) is 29.4. The van der Waals surface area contributed by atoms with Crippen LogP contribution in [0.5, 0.6) is 0 Å². The maximum absolute atomic E-state index is 13.6. The summed E-state index contributed by atoms with van der Waals surface area (Å²) in [5.41, 5.74) is 4.62. The minimum Gasteiger partial charge on any atom is -0.462 e. The molecular formula is C48H85N3O15P2. The molecule has 0 bridgehead atoms. The van der Waals surface area contributed by atoms with Gasteiger partial charge in [0, 0.05) is 19.0 Å². The fraction of sp³-hybridized carbons (Fsp3) is 0.792. The molecule has 0 amide bonds. The first kappa shape index (κ1) is 61.4. The molecule has 0 saturated carbocycles. The molecule has 1 aromatic heterocycles. The lowest BCUT2D eigenvalue weighted by Crippen LogP contribution is -2.36. The lowest BCUT2D eigenvalue weighted by Gasteiger charge is -2.23. The van der Waals surface area contributed by atoms with Crippen molar-refractivity contribution in [1.29, 1.82) is 0 Å². The number of hydrogen-bond donors (Lipinski definition) is 5.